The lowest BCUT2D eigenvalue weighted by molar-refractivity contribution is 0.0515. The van der Waals surface area contributed by atoms with Crippen molar-refractivity contribution in [2.24, 2.45) is 0 Å². The van der Waals surface area contributed by atoms with Crippen LogP contribution in [0.25, 0.3) is 22.0 Å². The molecule has 0 bridgehead atoms. The number of likely N-dealkylation sites (N-methyl/N-ethyl adjacent to an activating group) is 1. The number of ether oxygens (including phenoxy) is 1. The van der Waals surface area contributed by atoms with Crippen LogP contribution >= 0.6 is 23.2 Å². The van der Waals surface area contributed by atoms with Crippen molar-refractivity contribution in [2.75, 3.05) is 26.2 Å². The van der Waals surface area contributed by atoms with Gasteiger partial charge in [0.1, 0.15) is 5.69 Å². The van der Waals surface area contributed by atoms with E-state index in [-0.39, 0.29) is 5.97 Å². The first-order valence-corrected chi connectivity index (χ1v) is 10.7. The summed E-state index contributed by atoms with van der Waals surface area (Å²) in [6.45, 7) is 9.83. The van der Waals surface area contributed by atoms with Gasteiger partial charge in [0.15, 0.2) is 0 Å². The lowest BCUT2D eigenvalue weighted by Crippen LogP contribution is -2.28. The first-order chi connectivity index (χ1) is 14.0. The summed E-state index contributed by atoms with van der Waals surface area (Å²) in [4.78, 5) is 15.3. The second kappa shape index (κ2) is 9.66. The molecule has 3 aromatic rings. The van der Waals surface area contributed by atoms with Gasteiger partial charge in [-0.25, -0.2) is 4.79 Å². The van der Waals surface area contributed by atoms with E-state index in [0.29, 0.717) is 28.9 Å². The highest BCUT2D eigenvalue weighted by molar-refractivity contribution is 6.32. The molecule has 0 atom stereocenters. The molecular weight excluding hydrogens is 407 g/mol. The van der Waals surface area contributed by atoms with Crippen molar-refractivity contribution in [2.45, 2.75) is 27.3 Å². The fourth-order valence-corrected chi connectivity index (χ4v) is 3.96. The quantitative estimate of drug-likeness (QED) is 0.401. The Bertz CT molecular complexity index is 992. The number of fused-ring (bicyclic) bond motifs is 1. The number of benzene rings is 2. The predicted molar refractivity (Wildman–Crippen MR) is 121 cm³/mol. The molecule has 0 aliphatic heterocycles. The molecule has 0 aliphatic rings. The Morgan fingerprint density at radius 2 is 1.62 bits per heavy atom. The van der Waals surface area contributed by atoms with Crippen molar-refractivity contribution < 1.29 is 9.53 Å². The lowest BCUT2D eigenvalue weighted by Gasteiger charge is -2.20. The molecule has 3 rings (SSSR count). The van der Waals surface area contributed by atoms with E-state index >= 15 is 0 Å². The van der Waals surface area contributed by atoms with Crippen LogP contribution in [0.4, 0.5) is 0 Å². The van der Waals surface area contributed by atoms with Crippen molar-refractivity contribution in [3.05, 3.63) is 58.2 Å². The molecule has 0 saturated heterocycles. The van der Waals surface area contributed by atoms with Crippen molar-refractivity contribution in [3.8, 4) is 11.3 Å². The van der Waals surface area contributed by atoms with Crippen LogP contribution in [0.3, 0.4) is 0 Å². The van der Waals surface area contributed by atoms with Crippen LogP contribution < -0.4 is 0 Å². The summed E-state index contributed by atoms with van der Waals surface area (Å²) in [5, 5.41) is 3.08. The Morgan fingerprint density at radius 1 is 0.966 bits per heavy atom. The maximum absolute atomic E-state index is 12.9. The molecule has 1 heterocycles. The van der Waals surface area contributed by atoms with Gasteiger partial charge >= 0.3 is 5.97 Å². The minimum absolute atomic E-state index is 0.320. The normalized spacial score (nSPS) is 11.4. The van der Waals surface area contributed by atoms with E-state index in [9.17, 15) is 4.79 Å². The number of nitrogens with zero attached hydrogens (tertiary/aromatic N) is 2. The van der Waals surface area contributed by atoms with E-state index < -0.39 is 0 Å². The van der Waals surface area contributed by atoms with E-state index in [1.54, 1.807) is 0 Å². The third-order valence-electron chi connectivity index (χ3n) is 5.15. The Labute approximate surface area is 182 Å². The maximum atomic E-state index is 12.9. The molecule has 0 amide bonds. The third-order valence-corrected chi connectivity index (χ3v) is 5.64. The molecule has 29 heavy (non-hydrogen) atoms. The van der Waals surface area contributed by atoms with Crippen molar-refractivity contribution >= 4 is 39.9 Å². The number of esters is 1. The summed E-state index contributed by atoms with van der Waals surface area (Å²) >= 11 is 12.4. The van der Waals surface area contributed by atoms with Crippen LogP contribution in [0.15, 0.2) is 42.5 Å². The van der Waals surface area contributed by atoms with Crippen LogP contribution in [0.2, 0.25) is 10.0 Å². The van der Waals surface area contributed by atoms with Gasteiger partial charge in [0.05, 0.1) is 12.3 Å². The second-order valence-electron chi connectivity index (χ2n) is 6.79. The zero-order valence-corrected chi connectivity index (χ0v) is 18.6. The number of rotatable bonds is 8. The molecule has 0 saturated carbocycles. The number of carbonyl (C=O) groups excluding carboxylic acids is 1. The molecule has 2 aromatic carbocycles. The average Bonchev–Trinajstić information content (AvgIpc) is 3.03. The van der Waals surface area contributed by atoms with Crippen molar-refractivity contribution in [3.63, 3.8) is 0 Å². The van der Waals surface area contributed by atoms with Gasteiger partial charge in [0.25, 0.3) is 0 Å². The summed E-state index contributed by atoms with van der Waals surface area (Å²) in [6, 6.07) is 13.3. The minimum atomic E-state index is -0.320. The van der Waals surface area contributed by atoms with Crippen LogP contribution in [-0.4, -0.2) is 41.7 Å². The van der Waals surface area contributed by atoms with E-state index in [1.165, 1.54) is 0 Å². The van der Waals surface area contributed by atoms with Gasteiger partial charge in [-0.15, -0.1) is 0 Å². The predicted octanol–water partition coefficient (Wildman–Crippen LogP) is 6.13. The molecular formula is C23H26Cl2N2O2. The number of carbonyl (C=O) groups is 1. The average molecular weight is 433 g/mol. The second-order valence-corrected chi connectivity index (χ2v) is 7.67. The summed E-state index contributed by atoms with van der Waals surface area (Å²) in [6.07, 6.45) is 0. The summed E-state index contributed by atoms with van der Waals surface area (Å²) in [7, 11) is 0. The smallest absolute Gasteiger partial charge is 0.355 e. The topological polar surface area (TPSA) is 34.5 Å². The molecule has 0 N–H and O–H groups in total. The van der Waals surface area contributed by atoms with E-state index in [1.807, 2.05) is 49.4 Å². The lowest BCUT2D eigenvalue weighted by atomic mass is 10.1. The largest absolute Gasteiger partial charge is 0.461 e. The third kappa shape index (κ3) is 4.61. The Balaban J connectivity index is 2.26. The van der Waals surface area contributed by atoms with Gasteiger partial charge in [0, 0.05) is 33.9 Å². The van der Waals surface area contributed by atoms with Gasteiger partial charge < -0.3 is 14.2 Å². The first-order valence-electron chi connectivity index (χ1n) is 9.97. The number of halogens is 2. The molecule has 0 fully saturated rings. The highest BCUT2D eigenvalue weighted by Crippen LogP contribution is 2.36. The Kier molecular flexibility index (Phi) is 7.23. The standard InChI is InChI=1S/C23H26Cl2N2O2/c1-4-26(5-2)13-14-27-21(16-7-9-17(24)10-8-16)20-15-18(25)11-12-19(20)22(27)23(28)29-6-3/h7-12,15H,4-6,13-14H2,1-3H3. The van der Waals surface area contributed by atoms with Crippen LogP contribution in [-0.2, 0) is 11.3 Å². The van der Waals surface area contributed by atoms with E-state index in [2.05, 4.69) is 23.3 Å². The van der Waals surface area contributed by atoms with Crippen LogP contribution in [0, 0.1) is 0 Å². The van der Waals surface area contributed by atoms with Crippen molar-refractivity contribution in [1.29, 1.82) is 0 Å². The molecule has 154 valence electrons. The van der Waals surface area contributed by atoms with E-state index in [0.717, 1.165) is 41.7 Å². The molecule has 0 aliphatic carbocycles. The Hall–Kier alpha value is -2.01. The van der Waals surface area contributed by atoms with Crippen molar-refractivity contribution in [1.82, 2.24) is 9.47 Å². The number of aromatic nitrogens is 1. The molecule has 0 unspecified atom stereocenters. The zero-order valence-electron chi connectivity index (χ0n) is 17.0. The maximum Gasteiger partial charge on any atom is 0.355 e. The van der Waals surface area contributed by atoms with Gasteiger partial charge in [-0.2, -0.15) is 0 Å². The fraction of sp³-hybridized carbons (Fsp3) is 0.348. The van der Waals surface area contributed by atoms with Gasteiger partial charge in [0.2, 0.25) is 0 Å². The van der Waals surface area contributed by atoms with E-state index in [4.69, 9.17) is 27.9 Å². The van der Waals surface area contributed by atoms with Crippen LogP contribution in [0.5, 0.6) is 0 Å². The highest BCUT2D eigenvalue weighted by Gasteiger charge is 2.24. The van der Waals surface area contributed by atoms with Gasteiger partial charge in [-0.05, 0) is 49.8 Å². The minimum Gasteiger partial charge on any atom is -0.461 e. The number of hydrogen-bond donors (Lipinski definition) is 0. The molecule has 4 nitrogen and oxygen atoms in total. The number of hydrogen-bond acceptors (Lipinski definition) is 3. The summed E-state index contributed by atoms with van der Waals surface area (Å²) < 4.78 is 7.48. The zero-order chi connectivity index (χ0) is 21.0. The molecule has 0 spiro atoms. The summed E-state index contributed by atoms with van der Waals surface area (Å²) in [5.41, 5.74) is 2.50. The molecule has 1 aromatic heterocycles. The first kappa shape index (κ1) is 21.7. The Morgan fingerprint density at radius 3 is 2.24 bits per heavy atom. The fourth-order valence-electron chi connectivity index (χ4n) is 3.67. The highest BCUT2D eigenvalue weighted by atomic mass is 35.5. The molecule has 0 radical (unpaired) electrons. The van der Waals surface area contributed by atoms with Crippen LogP contribution in [0.1, 0.15) is 31.3 Å². The SMILES string of the molecule is CCOC(=O)c1c2ccc(Cl)cc2c(-c2ccc(Cl)cc2)n1CCN(CC)CC. The summed E-state index contributed by atoms with van der Waals surface area (Å²) in [5.74, 6) is -0.320. The van der Waals surface area contributed by atoms with Gasteiger partial charge in [-0.1, -0.05) is 55.2 Å². The van der Waals surface area contributed by atoms with Gasteiger partial charge in [-0.3, -0.25) is 0 Å². The monoisotopic (exact) mass is 432 g/mol. The molecule has 6 heteroatoms.